The van der Waals surface area contributed by atoms with E-state index in [0.29, 0.717) is 12.3 Å². The Labute approximate surface area is 205 Å². The third-order valence-electron chi connectivity index (χ3n) is 7.52. The number of nitrogens with zero attached hydrogens (tertiary/aromatic N) is 2. The lowest BCUT2D eigenvalue weighted by atomic mass is 9.88. The molecule has 1 aromatic heterocycles. The van der Waals surface area contributed by atoms with Crippen LogP contribution in [0.3, 0.4) is 0 Å². The van der Waals surface area contributed by atoms with E-state index in [0.717, 1.165) is 66.3 Å². The van der Waals surface area contributed by atoms with Crippen molar-refractivity contribution in [2.75, 3.05) is 20.2 Å². The summed E-state index contributed by atoms with van der Waals surface area (Å²) in [5.41, 5.74) is 7.89. The third kappa shape index (κ3) is 3.68. The molecule has 5 nitrogen and oxygen atoms in total. The quantitative estimate of drug-likeness (QED) is 0.564. The van der Waals surface area contributed by atoms with E-state index in [2.05, 4.69) is 46.6 Å². The van der Waals surface area contributed by atoms with Gasteiger partial charge in [0.15, 0.2) is 0 Å². The van der Waals surface area contributed by atoms with Crippen LogP contribution in [-0.2, 0) is 24.2 Å². The van der Waals surface area contributed by atoms with Gasteiger partial charge >= 0.3 is 0 Å². The van der Waals surface area contributed by atoms with E-state index < -0.39 is 0 Å². The molecule has 2 aliphatic heterocycles. The lowest BCUT2D eigenvalue weighted by Crippen LogP contribution is -2.66. The number of halogens is 1. The van der Waals surface area contributed by atoms with Crippen LogP contribution in [0, 0.1) is 0 Å². The second kappa shape index (κ2) is 8.40. The van der Waals surface area contributed by atoms with Crippen LogP contribution in [0.2, 0.25) is 5.02 Å². The molecule has 0 unspecified atom stereocenters. The summed E-state index contributed by atoms with van der Waals surface area (Å²) in [4.78, 5) is 18.8. The number of fused-ring (bicyclic) bond motifs is 1. The number of ether oxygens (including phenoxy) is 1. The molecule has 1 aliphatic carbocycles. The highest BCUT2D eigenvalue weighted by Gasteiger charge is 2.47. The van der Waals surface area contributed by atoms with Crippen LogP contribution < -0.4 is 10.1 Å². The van der Waals surface area contributed by atoms with Crippen molar-refractivity contribution in [1.29, 1.82) is 0 Å². The third-order valence-corrected chi connectivity index (χ3v) is 7.93. The first-order valence-electron chi connectivity index (χ1n) is 12.0. The van der Waals surface area contributed by atoms with E-state index in [1.54, 1.807) is 7.11 Å². The molecule has 2 aromatic carbocycles. The number of aromatic nitrogens is 1. The molecule has 34 heavy (non-hydrogen) atoms. The van der Waals surface area contributed by atoms with Crippen molar-refractivity contribution in [2.45, 2.75) is 44.2 Å². The molecule has 6 rings (SSSR count). The molecule has 2 fully saturated rings. The summed E-state index contributed by atoms with van der Waals surface area (Å²) in [5.74, 6) is 0.791. The summed E-state index contributed by atoms with van der Waals surface area (Å²) in [5, 5.41) is 3.87. The van der Waals surface area contributed by atoms with Crippen LogP contribution in [-0.4, -0.2) is 41.5 Å². The van der Waals surface area contributed by atoms with Gasteiger partial charge in [-0.05, 0) is 48.4 Å². The van der Waals surface area contributed by atoms with E-state index in [1.165, 1.54) is 23.1 Å². The van der Waals surface area contributed by atoms with Gasteiger partial charge in [-0.1, -0.05) is 54.1 Å². The Morgan fingerprint density at radius 1 is 1.03 bits per heavy atom. The number of methoxy groups -OCH3 is 1. The number of benzene rings is 2. The predicted octanol–water partition coefficient (Wildman–Crippen LogP) is 5.03. The first-order chi connectivity index (χ1) is 16.5. The molecule has 3 heterocycles. The number of amides is 1. The van der Waals surface area contributed by atoms with Crippen molar-refractivity contribution in [2.24, 2.45) is 0 Å². The van der Waals surface area contributed by atoms with Crippen molar-refractivity contribution >= 4 is 17.5 Å². The Bertz CT molecular complexity index is 1280. The van der Waals surface area contributed by atoms with Gasteiger partial charge in [-0.25, -0.2) is 4.98 Å². The van der Waals surface area contributed by atoms with E-state index in [4.69, 9.17) is 21.3 Å². The maximum Gasteiger partial charge on any atom is 0.220 e. The van der Waals surface area contributed by atoms with Crippen LogP contribution in [0.5, 0.6) is 5.88 Å². The SMILES string of the molecule is COc1nc(-c2cccc(-c3cccc4c3CCC4)c2Cl)ccc1CN1CC2(CCC(=O)N2)C1. The Balaban J connectivity index is 1.27. The number of rotatable bonds is 5. The molecule has 1 amide bonds. The summed E-state index contributed by atoms with van der Waals surface area (Å²) < 4.78 is 5.68. The van der Waals surface area contributed by atoms with E-state index in [-0.39, 0.29) is 11.4 Å². The largest absolute Gasteiger partial charge is 0.481 e. The van der Waals surface area contributed by atoms with Crippen LogP contribution in [0.1, 0.15) is 36.0 Å². The van der Waals surface area contributed by atoms with E-state index >= 15 is 0 Å². The predicted molar refractivity (Wildman–Crippen MR) is 134 cm³/mol. The Morgan fingerprint density at radius 3 is 2.62 bits per heavy atom. The van der Waals surface area contributed by atoms with Gasteiger partial charge in [0.1, 0.15) is 0 Å². The topological polar surface area (TPSA) is 54.5 Å². The van der Waals surface area contributed by atoms with E-state index in [9.17, 15) is 4.79 Å². The fourth-order valence-electron chi connectivity index (χ4n) is 5.90. The number of nitrogens with one attached hydrogen (secondary N) is 1. The number of likely N-dealkylation sites (tertiary alicyclic amines) is 1. The van der Waals surface area contributed by atoms with Crippen molar-refractivity contribution in [3.8, 4) is 28.3 Å². The van der Waals surface area contributed by atoms with Crippen molar-refractivity contribution in [1.82, 2.24) is 15.2 Å². The van der Waals surface area contributed by atoms with Gasteiger partial charge in [0, 0.05) is 42.7 Å². The summed E-state index contributed by atoms with van der Waals surface area (Å²) in [6.07, 6.45) is 5.02. The fourth-order valence-corrected chi connectivity index (χ4v) is 6.22. The van der Waals surface area contributed by atoms with Crippen LogP contribution in [0.25, 0.3) is 22.4 Å². The molecule has 0 bridgehead atoms. The van der Waals surface area contributed by atoms with Gasteiger partial charge in [-0.15, -0.1) is 0 Å². The number of hydrogen-bond donors (Lipinski definition) is 1. The van der Waals surface area contributed by atoms with Gasteiger partial charge < -0.3 is 10.1 Å². The molecular formula is C28H28ClN3O2. The maximum atomic E-state index is 11.6. The molecular weight excluding hydrogens is 446 g/mol. The summed E-state index contributed by atoms with van der Waals surface area (Å²) in [7, 11) is 1.66. The maximum absolute atomic E-state index is 11.6. The Morgan fingerprint density at radius 2 is 1.82 bits per heavy atom. The Kier molecular flexibility index (Phi) is 5.34. The molecule has 1 spiro atoms. The molecule has 0 atom stereocenters. The molecule has 6 heteroatoms. The lowest BCUT2D eigenvalue weighted by Gasteiger charge is -2.48. The molecule has 3 aliphatic rings. The first kappa shape index (κ1) is 21.6. The lowest BCUT2D eigenvalue weighted by molar-refractivity contribution is -0.120. The number of aryl methyl sites for hydroxylation is 1. The molecule has 0 radical (unpaired) electrons. The van der Waals surface area contributed by atoms with Crippen LogP contribution >= 0.6 is 11.6 Å². The minimum absolute atomic E-state index is 0.0245. The zero-order valence-electron chi connectivity index (χ0n) is 19.4. The number of hydrogen-bond acceptors (Lipinski definition) is 4. The molecule has 3 aromatic rings. The van der Waals surface area contributed by atoms with Gasteiger partial charge in [0.05, 0.1) is 23.4 Å². The molecule has 174 valence electrons. The average molecular weight is 474 g/mol. The minimum atomic E-state index is -0.0245. The number of carbonyl (C=O) groups is 1. The second-order valence-corrected chi connectivity index (χ2v) is 10.2. The second-order valence-electron chi connectivity index (χ2n) is 9.80. The zero-order chi connectivity index (χ0) is 23.3. The number of carbonyl (C=O) groups excluding carboxylic acids is 1. The number of pyridine rings is 1. The Hall–Kier alpha value is -2.89. The smallest absolute Gasteiger partial charge is 0.220 e. The highest BCUT2D eigenvalue weighted by molar-refractivity contribution is 6.36. The van der Waals surface area contributed by atoms with Crippen molar-refractivity contribution < 1.29 is 9.53 Å². The summed E-state index contributed by atoms with van der Waals surface area (Å²) >= 11 is 6.99. The zero-order valence-corrected chi connectivity index (χ0v) is 20.1. The van der Waals surface area contributed by atoms with Gasteiger partial charge in [0.2, 0.25) is 11.8 Å². The average Bonchev–Trinajstić information content (AvgIpc) is 3.46. The van der Waals surface area contributed by atoms with E-state index in [1.807, 2.05) is 12.1 Å². The summed E-state index contributed by atoms with van der Waals surface area (Å²) in [6, 6.07) is 16.9. The van der Waals surface area contributed by atoms with Crippen LogP contribution in [0.15, 0.2) is 48.5 Å². The van der Waals surface area contributed by atoms with Crippen molar-refractivity contribution in [3.05, 3.63) is 70.2 Å². The first-order valence-corrected chi connectivity index (χ1v) is 12.4. The fraction of sp³-hybridized carbons (Fsp3) is 0.357. The molecule has 1 N–H and O–H groups in total. The monoisotopic (exact) mass is 473 g/mol. The highest BCUT2D eigenvalue weighted by atomic mass is 35.5. The molecule has 2 saturated heterocycles. The summed E-state index contributed by atoms with van der Waals surface area (Å²) in [6.45, 7) is 2.50. The normalized spacial score (nSPS) is 18.6. The van der Waals surface area contributed by atoms with Gasteiger partial charge in [-0.3, -0.25) is 9.69 Å². The van der Waals surface area contributed by atoms with Crippen LogP contribution in [0.4, 0.5) is 0 Å². The minimum Gasteiger partial charge on any atom is -0.481 e. The molecule has 0 saturated carbocycles. The van der Waals surface area contributed by atoms with Gasteiger partial charge in [-0.2, -0.15) is 0 Å². The van der Waals surface area contributed by atoms with Crippen molar-refractivity contribution in [3.63, 3.8) is 0 Å². The van der Waals surface area contributed by atoms with Gasteiger partial charge in [0.25, 0.3) is 0 Å². The highest BCUT2D eigenvalue weighted by Crippen LogP contribution is 2.40. The standard InChI is InChI=1S/C28H28ClN3O2/c1-34-27-19(15-32-16-28(17-32)14-13-25(33)31-28)11-12-24(30-27)23-10-4-9-22(26(23)29)21-8-3-6-18-5-2-7-20(18)21/h3-4,6,8-12H,2,5,7,13-17H2,1H3,(H,31,33).